The Morgan fingerprint density at radius 1 is 1.50 bits per heavy atom. The largest absolute Gasteiger partial charge is 0.393 e. The predicted octanol–water partition coefficient (Wildman–Crippen LogP) is 1.45. The number of amides is 1. The van der Waals surface area contributed by atoms with Crippen LogP contribution in [0.2, 0.25) is 0 Å². The van der Waals surface area contributed by atoms with Crippen LogP contribution in [0.4, 0.5) is 5.69 Å². The number of rotatable bonds is 3. The van der Waals surface area contributed by atoms with Gasteiger partial charge in [-0.05, 0) is 41.5 Å². The van der Waals surface area contributed by atoms with E-state index in [9.17, 15) is 14.9 Å². The van der Waals surface area contributed by atoms with Crippen molar-refractivity contribution in [2.24, 2.45) is 0 Å². The number of aliphatic hydroxyl groups is 1. The number of non-ortho nitro benzene ring substituents is 1. The van der Waals surface area contributed by atoms with Crippen molar-refractivity contribution in [2.45, 2.75) is 25.0 Å². The van der Waals surface area contributed by atoms with E-state index in [-0.39, 0.29) is 23.7 Å². The van der Waals surface area contributed by atoms with Crippen LogP contribution in [0, 0.1) is 13.7 Å². The summed E-state index contributed by atoms with van der Waals surface area (Å²) in [4.78, 5) is 22.1. The molecule has 0 spiro atoms. The number of aliphatic hydroxyl groups excluding tert-OH is 1. The summed E-state index contributed by atoms with van der Waals surface area (Å²) in [5.74, 6) is -0.333. The van der Waals surface area contributed by atoms with Gasteiger partial charge in [0.2, 0.25) is 0 Å². The van der Waals surface area contributed by atoms with Crippen LogP contribution in [0.5, 0.6) is 0 Å². The number of hydrogen-bond donors (Lipinski definition) is 2. The minimum atomic E-state index is -0.528. The molecule has 0 atom stereocenters. The van der Waals surface area contributed by atoms with Gasteiger partial charge in [-0.2, -0.15) is 0 Å². The average molecular weight is 362 g/mol. The number of hydrogen-bond acceptors (Lipinski definition) is 4. The third-order valence-corrected chi connectivity index (χ3v) is 3.79. The smallest absolute Gasteiger partial charge is 0.270 e. The Morgan fingerprint density at radius 2 is 2.17 bits per heavy atom. The summed E-state index contributed by atoms with van der Waals surface area (Å²) in [5, 5.41) is 22.5. The number of nitro benzene ring substituents is 1. The molecule has 7 heteroatoms. The zero-order valence-corrected chi connectivity index (χ0v) is 11.5. The Labute approximate surface area is 117 Å². The van der Waals surface area contributed by atoms with Gasteiger partial charge < -0.3 is 10.4 Å². The maximum absolute atomic E-state index is 11.9. The maximum atomic E-state index is 11.9. The SMILES string of the molecule is O=C(NC1CC(O)C1)c1cc([N+](=O)[O-])ccc1I. The summed E-state index contributed by atoms with van der Waals surface area (Å²) in [6, 6.07) is 4.14. The lowest BCUT2D eigenvalue weighted by atomic mass is 9.89. The molecule has 0 bridgehead atoms. The summed E-state index contributed by atoms with van der Waals surface area (Å²) < 4.78 is 0.663. The first-order valence-corrected chi connectivity index (χ1v) is 6.48. The quantitative estimate of drug-likeness (QED) is 0.484. The highest BCUT2D eigenvalue weighted by atomic mass is 127. The highest BCUT2D eigenvalue weighted by Gasteiger charge is 2.29. The molecule has 1 aromatic carbocycles. The normalized spacial score (nSPS) is 22.1. The Hall–Kier alpha value is -1.22. The first kappa shape index (κ1) is 13.2. The number of nitrogens with zero attached hydrogens (tertiary/aromatic N) is 1. The van der Waals surface area contributed by atoms with E-state index in [1.807, 2.05) is 22.6 Å². The van der Waals surface area contributed by atoms with Crippen molar-refractivity contribution in [3.8, 4) is 0 Å². The summed E-state index contributed by atoms with van der Waals surface area (Å²) in [6.07, 6.45) is 0.730. The Bertz CT molecular complexity index is 500. The topological polar surface area (TPSA) is 92.5 Å². The van der Waals surface area contributed by atoms with E-state index in [1.165, 1.54) is 12.1 Å². The van der Waals surface area contributed by atoms with Crippen LogP contribution in [0.15, 0.2) is 18.2 Å². The minimum absolute atomic E-state index is 0.0393. The number of benzene rings is 1. The van der Waals surface area contributed by atoms with E-state index in [2.05, 4.69) is 5.32 Å². The second-order valence-electron chi connectivity index (χ2n) is 4.22. The number of nitrogens with one attached hydrogen (secondary N) is 1. The van der Waals surface area contributed by atoms with E-state index in [1.54, 1.807) is 6.07 Å². The molecule has 2 N–H and O–H groups in total. The average Bonchev–Trinajstić information content (AvgIpc) is 2.27. The molecule has 6 nitrogen and oxygen atoms in total. The van der Waals surface area contributed by atoms with Crippen LogP contribution in [-0.2, 0) is 0 Å². The summed E-state index contributed by atoms with van der Waals surface area (Å²) in [7, 11) is 0. The molecule has 0 unspecified atom stereocenters. The second kappa shape index (κ2) is 5.19. The van der Waals surface area contributed by atoms with E-state index in [4.69, 9.17) is 5.11 Å². The van der Waals surface area contributed by atoms with Gasteiger partial charge in [-0.25, -0.2) is 0 Å². The number of carbonyl (C=O) groups is 1. The molecule has 1 amide bonds. The van der Waals surface area contributed by atoms with Gasteiger partial charge in [0.05, 0.1) is 16.6 Å². The van der Waals surface area contributed by atoms with Crippen molar-refractivity contribution < 1.29 is 14.8 Å². The van der Waals surface area contributed by atoms with Crippen LogP contribution in [0.3, 0.4) is 0 Å². The zero-order chi connectivity index (χ0) is 13.3. The highest BCUT2D eigenvalue weighted by Crippen LogP contribution is 2.22. The summed E-state index contributed by atoms with van der Waals surface area (Å²) in [5.41, 5.74) is 0.195. The summed E-state index contributed by atoms with van der Waals surface area (Å²) >= 11 is 1.96. The fourth-order valence-electron chi connectivity index (χ4n) is 1.77. The Morgan fingerprint density at radius 3 is 2.72 bits per heavy atom. The maximum Gasteiger partial charge on any atom is 0.270 e. The van der Waals surface area contributed by atoms with Crippen molar-refractivity contribution in [1.29, 1.82) is 0 Å². The fourth-order valence-corrected chi connectivity index (χ4v) is 2.35. The molecule has 1 saturated carbocycles. The first-order valence-electron chi connectivity index (χ1n) is 5.40. The first-order chi connectivity index (χ1) is 8.47. The van der Waals surface area contributed by atoms with Gasteiger partial charge in [-0.15, -0.1) is 0 Å². The minimum Gasteiger partial charge on any atom is -0.393 e. The van der Waals surface area contributed by atoms with Crippen molar-refractivity contribution >= 4 is 34.2 Å². The molecule has 1 fully saturated rings. The highest BCUT2D eigenvalue weighted by molar-refractivity contribution is 14.1. The number of carbonyl (C=O) groups excluding carboxylic acids is 1. The van der Waals surface area contributed by atoms with Crippen molar-refractivity contribution in [2.75, 3.05) is 0 Å². The third-order valence-electron chi connectivity index (χ3n) is 2.85. The molecule has 0 aromatic heterocycles. The Balaban J connectivity index is 2.13. The number of nitro groups is 1. The van der Waals surface area contributed by atoms with Crippen LogP contribution in [0.25, 0.3) is 0 Å². The van der Waals surface area contributed by atoms with Crippen LogP contribution in [0.1, 0.15) is 23.2 Å². The molecular formula is C11H11IN2O4. The molecule has 0 radical (unpaired) electrons. The van der Waals surface area contributed by atoms with E-state index in [0.29, 0.717) is 22.0 Å². The van der Waals surface area contributed by atoms with Gasteiger partial charge in [-0.3, -0.25) is 14.9 Å². The van der Waals surface area contributed by atoms with Crippen molar-refractivity contribution in [3.63, 3.8) is 0 Å². The molecule has 1 aromatic rings. The van der Waals surface area contributed by atoms with Crippen LogP contribution in [-0.4, -0.2) is 28.1 Å². The lowest BCUT2D eigenvalue weighted by Crippen LogP contribution is -2.46. The van der Waals surface area contributed by atoms with Crippen molar-refractivity contribution in [1.82, 2.24) is 5.32 Å². The summed E-state index contributed by atoms with van der Waals surface area (Å²) in [6.45, 7) is 0. The molecule has 0 aliphatic heterocycles. The number of halogens is 1. The van der Waals surface area contributed by atoms with Gasteiger partial charge in [0.15, 0.2) is 0 Å². The molecule has 2 rings (SSSR count). The lowest BCUT2D eigenvalue weighted by Gasteiger charge is -2.32. The molecule has 0 saturated heterocycles. The van der Waals surface area contributed by atoms with Gasteiger partial charge in [0, 0.05) is 21.7 Å². The predicted molar refractivity (Wildman–Crippen MR) is 72.3 cm³/mol. The molecule has 0 heterocycles. The van der Waals surface area contributed by atoms with Gasteiger partial charge in [0.25, 0.3) is 11.6 Å². The standard InChI is InChI=1S/C11H11IN2O4/c12-10-2-1-7(14(17)18)5-9(10)11(16)13-6-3-8(15)4-6/h1-2,5-6,8,15H,3-4H2,(H,13,16). The molecule has 18 heavy (non-hydrogen) atoms. The van der Waals surface area contributed by atoms with Crippen molar-refractivity contribution in [3.05, 3.63) is 37.4 Å². The molecule has 96 valence electrons. The van der Waals surface area contributed by atoms with Crippen LogP contribution < -0.4 is 5.32 Å². The third kappa shape index (κ3) is 2.78. The zero-order valence-electron chi connectivity index (χ0n) is 9.30. The van der Waals surface area contributed by atoms with E-state index in [0.717, 1.165) is 0 Å². The van der Waals surface area contributed by atoms with Gasteiger partial charge in [0.1, 0.15) is 0 Å². The molecule has 1 aliphatic rings. The Kier molecular flexibility index (Phi) is 3.81. The fraction of sp³-hybridized carbons (Fsp3) is 0.364. The second-order valence-corrected chi connectivity index (χ2v) is 5.38. The van der Waals surface area contributed by atoms with Gasteiger partial charge in [-0.1, -0.05) is 0 Å². The van der Waals surface area contributed by atoms with Gasteiger partial charge >= 0.3 is 0 Å². The molecular weight excluding hydrogens is 351 g/mol. The lowest BCUT2D eigenvalue weighted by molar-refractivity contribution is -0.384. The van der Waals surface area contributed by atoms with Crippen LogP contribution >= 0.6 is 22.6 Å². The molecule has 1 aliphatic carbocycles. The van der Waals surface area contributed by atoms with E-state index >= 15 is 0 Å². The van der Waals surface area contributed by atoms with E-state index < -0.39 is 4.92 Å². The monoisotopic (exact) mass is 362 g/mol.